The van der Waals surface area contributed by atoms with Gasteiger partial charge in [-0.2, -0.15) is 0 Å². The number of primary amides is 1. The molecule has 94 valence electrons. The molecule has 1 aromatic carbocycles. The number of amides is 2. The molecule has 1 atom stereocenters. The van der Waals surface area contributed by atoms with Crippen LogP contribution in [0.25, 0.3) is 0 Å². The predicted molar refractivity (Wildman–Crippen MR) is 66.7 cm³/mol. The summed E-state index contributed by atoms with van der Waals surface area (Å²) in [6.45, 7) is 1.79. The summed E-state index contributed by atoms with van der Waals surface area (Å²) < 4.78 is 0. The van der Waals surface area contributed by atoms with E-state index in [1.807, 2.05) is 0 Å². The zero-order chi connectivity index (χ0) is 13.3. The Bertz CT molecular complexity index is 553. The standard InChI is InChI=1S/C12H14N4O2/c1-12(6-9(17)15-11(14)16-12)8-4-2-3-7(5-8)10(13)18/h2-5H,6H2,1H3,(H2,13,18)(H3,14,15,16,17)/t12-/m0/s1. The van der Waals surface area contributed by atoms with E-state index < -0.39 is 11.4 Å². The average molecular weight is 246 g/mol. The molecule has 5 N–H and O–H groups in total. The molecule has 18 heavy (non-hydrogen) atoms. The van der Waals surface area contributed by atoms with E-state index >= 15 is 0 Å². The average Bonchev–Trinajstić information content (AvgIpc) is 2.27. The second-order valence-electron chi connectivity index (χ2n) is 4.44. The summed E-state index contributed by atoms with van der Waals surface area (Å²) in [4.78, 5) is 26.9. The van der Waals surface area contributed by atoms with Gasteiger partial charge in [-0.15, -0.1) is 0 Å². The van der Waals surface area contributed by atoms with Gasteiger partial charge in [0.1, 0.15) is 0 Å². The van der Waals surface area contributed by atoms with Gasteiger partial charge in [0, 0.05) is 5.56 Å². The third-order valence-corrected chi connectivity index (χ3v) is 2.91. The molecular weight excluding hydrogens is 232 g/mol. The van der Waals surface area contributed by atoms with Crippen molar-refractivity contribution in [3.05, 3.63) is 35.4 Å². The van der Waals surface area contributed by atoms with Crippen LogP contribution in [-0.2, 0) is 10.3 Å². The normalized spacial score (nSPS) is 23.2. The van der Waals surface area contributed by atoms with Crippen molar-refractivity contribution in [1.29, 1.82) is 0 Å². The van der Waals surface area contributed by atoms with Crippen LogP contribution in [0.15, 0.2) is 29.3 Å². The van der Waals surface area contributed by atoms with Gasteiger partial charge >= 0.3 is 0 Å². The molecule has 1 aliphatic heterocycles. The summed E-state index contributed by atoms with van der Waals surface area (Å²) in [5.41, 5.74) is 11.1. The summed E-state index contributed by atoms with van der Waals surface area (Å²) in [7, 11) is 0. The molecule has 1 aliphatic rings. The van der Waals surface area contributed by atoms with E-state index in [2.05, 4.69) is 10.3 Å². The zero-order valence-electron chi connectivity index (χ0n) is 9.93. The minimum atomic E-state index is -0.766. The fourth-order valence-electron chi connectivity index (χ4n) is 2.01. The highest BCUT2D eigenvalue weighted by Crippen LogP contribution is 2.31. The van der Waals surface area contributed by atoms with Crippen molar-refractivity contribution in [2.24, 2.45) is 16.5 Å². The Morgan fingerprint density at radius 3 is 2.83 bits per heavy atom. The van der Waals surface area contributed by atoms with Crippen LogP contribution >= 0.6 is 0 Å². The Morgan fingerprint density at radius 2 is 2.22 bits per heavy atom. The lowest BCUT2D eigenvalue weighted by molar-refractivity contribution is -0.121. The summed E-state index contributed by atoms with van der Waals surface area (Å²) in [5, 5.41) is 2.44. The molecule has 1 heterocycles. The van der Waals surface area contributed by atoms with Crippen molar-refractivity contribution in [3.63, 3.8) is 0 Å². The van der Waals surface area contributed by atoms with Gasteiger partial charge in [0.05, 0.1) is 12.0 Å². The van der Waals surface area contributed by atoms with Gasteiger partial charge in [-0.25, -0.2) is 4.99 Å². The van der Waals surface area contributed by atoms with Crippen LogP contribution in [0.2, 0.25) is 0 Å². The maximum Gasteiger partial charge on any atom is 0.248 e. The first-order chi connectivity index (χ1) is 8.40. The molecule has 0 radical (unpaired) electrons. The Hall–Kier alpha value is -2.37. The fourth-order valence-corrected chi connectivity index (χ4v) is 2.01. The van der Waals surface area contributed by atoms with Crippen molar-refractivity contribution in [2.45, 2.75) is 18.9 Å². The van der Waals surface area contributed by atoms with E-state index in [9.17, 15) is 9.59 Å². The molecule has 6 nitrogen and oxygen atoms in total. The molecule has 0 spiro atoms. The van der Waals surface area contributed by atoms with Gasteiger partial charge in [0.15, 0.2) is 5.96 Å². The lowest BCUT2D eigenvalue weighted by Gasteiger charge is -2.29. The molecule has 0 saturated heterocycles. The molecule has 0 unspecified atom stereocenters. The van der Waals surface area contributed by atoms with E-state index in [1.54, 1.807) is 31.2 Å². The number of hydrogen-bond donors (Lipinski definition) is 3. The topological polar surface area (TPSA) is 111 Å². The maximum absolute atomic E-state index is 11.5. The summed E-state index contributed by atoms with van der Waals surface area (Å²) in [6, 6.07) is 6.75. The maximum atomic E-state index is 11.5. The number of carbonyl (C=O) groups excluding carboxylic acids is 2. The van der Waals surface area contributed by atoms with Crippen LogP contribution in [0.3, 0.4) is 0 Å². The quantitative estimate of drug-likeness (QED) is 0.674. The van der Waals surface area contributed by atoms with Gasteiger partial charge in [-0.05, 0) is 24.6 Å². The van der Waals surface area contributed by atoms with Crippen LogP contribution in [0.1, 0.15) is 29.3 Å². The Balaban J connectivity index is 2.47. The number of rotatable bonds is 2. The minimum absolute atomic E-state index is 0.0817. The second-order valence-corrected chi connectivity index (χ2v) is 4.44. The number of nitrogens with zero attached hydrogens (tertiary/aromatic N) is 1. The first-order valence-electron chi connectivity index (χ1n) is 5.46. The number of carbonyl (C=O) groups is 2. The predicted octanol–water partition coefficient (Wildman–Crippen LogP) is -0.165. The fraction of sp³-hybridized carbons (Fsp3) is 0.250. The lowest BCUT2D eigenvalue weighted by atomic mass is 9.87. The molecule has 0 fully saturated rings. The Kier molecular flexibility index (Phi) is 2.78. The molecule has 2 rings (SSSR count). The molecule has 6 heteroatoms. The third kappa shape index (κ3) is 2.17. The molecule has 0 aliphatic carbocycles. The highest BCUT2D eigenvalue weighted by atomic mass is 16.2. The van der Waals surface area contributed by atoms with Crippen LogP contribution < -0.4 is 16.8 Å². The number of hydrogen-bond acceptors (Lipinski definition) is 4. The summed E-state index contributed by atoms with van der Waals surface area (Å²) >= 11 is 0. The summed E-state index contributed by atoms with van der Waals surface area (Å²) in [5.74, 6) is -0.634. The van der Waals surface area contributed by atoms with Crippen molar-refractivity contribution in [3.8, 4) is 0 Å². The van der Waals surface area contributed by atoms with E-state index in [-0.39, 0.29) is 18.3 Å². The zero-order valence-corrected chi connectivity index (χ0v) is 9.93. The van der Waals surface area contributed by atoms with Crippen LogP contribution in [-0.4, -0.2) is 17.8 Å². The smallest absolute Gasteiger partial charge is 0.248 e. The summed E-state index contributed by atoms with van der Waals surface area (Å²) in [6.07, 6.45) is 0.177. The molecule has 0 bridgehead atoms. The Morgan fingerprint density at radius 1 is 1.50 bits per heavy atom. The molecule has 0 saturated carbocycles. The van der Waals surface area contributed by atoms with Crippen LogP contribution in [0.4, 0.5) is 0 Å². The largest absolute Gasteiger partial charge is 0.370 e. The van der Waals surface area contributed by atoms with E-state index in [0.717, 1.165) is 5.56 Å². The van der Waals surface area contributed by atoms with Gasteiger partial charge in [0.25, 0.3) is 0 Å². The van der Waals surface area contributed by atoms with Crippen molar-refractivity contribution in [2.75, 3.05) is 0 Å². The molecular formula is C12H14N4O2. The van der Waals surface area contributed by atoms with Crippen LogP contribution in [0.5, 0.6) is 0 Å². The van der Waals surface area contributed by atoms with E-state index in [4.69, 9.17) is 11.5 Å². The number of guanidine groups is 1. The minimum Gasteiger partial charge on any atom is -0.370 e. The SMILES string of the molecule is C[C@@]1(c2cccc(C(N)=O)c2)CC(=O)NC(N)=N1. The number of nitrogens with one attached hydrogen (secondary N) is 1. The highest BCUT2D eigenvalue weighted by Gasteiger charge is 2.33. The van der Waals surface area contributed by atoms with E-state index in [1.165, 1.54) is 0 Å². The lowest BCUT2D eigenvalue weighted by Crippen LogP contribution is -2.46. The molecule has 0 aromatic heterocycles. The monoisotopic (exact) mass is 246 g/mol. The second kappa shape index (κ2) is 4.14. The van der Waals surface area contributed by atoms with Crippen molar-refractivity contribution < 1.29 is 9.59 Å². The first-order valence-corrected chi connectivity index (χ1v) is 5.46. The number of benzene rings is 1. The van der Waals surface area contributed by atoms with Gasteiger partial charge in [0.2, 0.25) is 11.8 Å². The number of aliphatic imine (C=N–C) groups is 1. The van der Waals surface area contributed by atoms with E-state index in [0.29, 0.717) is 5.56 Å². The number of nitrogens with two attached hydrogens (primary N) is 2. The van der Waals surface area contributed by atoms with Gasteiger partial charge in [-0.1, -0.05) is 12.1 Å². The van der Waals surface area contributed by atoms with Gasteiger partial charge < -0.3 is 11.5 Å². The first kappa shape index (κ1) is 12.1. The molecule has 2 amide bonds. The van der Waals surface area contributed by atoms with Gasteiger partial charge in [-0.3, -0.25) is 14.9 Å². The van der Waals surface area contributed by atoms with Crippen molar-refractivity contribution in [1.82, 2.24) is 5.32 Å². The molecule has 1 aromatic rings. The third-order valence-electron chi connectivity index (χ3n) is 2.91. The highest BCUT2D eigenvalue weighted by molar-refractivity contribution is 5.99. The van der Waals surface area contributed by atoms with Crippen LogP contribution in [0, 0.1) is 0 Å². The Labute approximate surface area is 104 Å². The van der Waals surface area contributed by atoms with Crippen molar-refractivity contribution >= 4 is 17.8 Å².